The van der Waals surface area contributed by atoms with E-state index in [9.17, 15) is 9.18 Å². The molecule has 0 unspecified atom stereocenters. The Hall–Kier alpha value is -4.46. The summed E-state index contributed by atoms with van der Waals surface area (Å²) in [6, 6.07) is 15.8. The van der Waals surface area contributed by atoms with Gasteiger partial charge in [-0.3, -0.25) is 4.79 Å². The van der Waals surface area contributed by atoms with Crippen LogP contribution < -0.4 is 19.5 Å². The second-order valence-corrected chi connectivity index (χ2v) is 8.48. The minimum atomic E-state index is -0.615. The quantitative estimate of drug-likeness (QED) is 0.334. The molecule has 1 aliphatic heterocycles. The number of nitrogens with one attached hydrogen (secondary N) is 1. The molecular formula is C28H26FN3O4. The van der Waals surface area contributed by atoms with Crippen molar-refractivity contribution in [3.05, 3.63) is 89.1 Å². The molecule has 7 nitrogen and oxygen atoms in total. The fourth-order valence-corrected chi connectivity index (χ4v) is 4.07. The number of aromatic nitrogens is 2. The Labute approximate surface area is 209 Å². The first-order valence-electron chi connectivity index (χ1n) is 11.5. The number of carbonyl (C=O) groups excluding carboxylic acids is 1. The smallest absolute Gasteiger partial charge is 0.261 e. The largest absolute Gasteiger partial charge is 0.486 e. The van der Waals surface area contributed by atoms with Crippen molar-refractivity contribution >= 4 is 11.6 Å². The average Bonchev–Trinajstić information content (AvgIpc) is 2.85. The van der Waals surface area contributed by atoms with Gasteiger partial charge in [-0.1, -0.05) is 18.2 Å². The summed E-state index contributed by atoms with van der Waals surface area (Å²) in [4.78, 5) is 21.9. The molecular weight excluding hydrogens is 461 g/mol. The Bertz CT molecular complexity index is 1480. The Morgan fingerprint density at radius 3 is 2.61 bits per heavy atom. The van der Waals surface area contributed by atoms with Crippen molar-refractivity contribution in [3.63, 3.8) is 0 Å². The van der Waals surface area contributed by atoms with Gasteiger partial charge in [-0.05, 0) is 73.9 Å². The molecule has 8 heteroatoms. The molecule has 3 heterocycles. The fourth-order valence-electron chi connectivity index (χ4n) is 4.07. The second kappa shape index (κ2) is 9.65. The summed E-state index contributed by atoms with van der Waals surface area (Å²) in [5, 5.41) is 2.94. The van der Waals surface area contributed by atoms with E-state index in [0.717, 1.165) is 16.7 Å². The molecule has 0 atom stereocenters. The van der Waals surface area contributed by atoms with Crippen LogP contribution in [-0.4, -0.2) is 29.1 Å². The molecule has 0 saturated carbocycles. The predicted molar refractivity (Wildman–Crippen MR) is 136 cm³/mol. The van der Waals surface area contributed by atoms with Crippen molar-refractivity contribution in [3.8, 4) is 34.3 Å². The zero-order chi connectivity index (χ0) is 25.2. The van der Waals surface area contributed by atoms with E-state index in [1.165, 1.54) is 12.1 Å². The van der Waals surface area contributed by atoms with Gasteiger partial charge in [0.15, 0.2) is 17.2 Å². The third kappa shape index (κ3) is 4.70. The third-order valence-electron chi connectivity index (χ3n) is 5.87. The van der Waals surface area contributed by atoms with Gasteiger partial charge in [-0.15, -0.1) is 0 Å². The van der Waals surface area contributed by atoms with E-state index in [2.05, 4.69) is 15.3 Å². The van der Waals surface area contributed by atoms with E-state index in [1.54, 1.807) is 13.1 Å². The molecule has 2 aromatic carbocycles. The van der Waals surface area contributed by atoms with E-state index < -0.39 is 5.95 Å². The molecule has 0 spiro atoms. The van der Waals surface area contributed by atoms with Crippen LogP contribution in [0.5, 0.6) is 23.1 Å². The summed E-state index contributed by atoms with van der Waals surface area (Å²) in [5.41, 5.74) is 4.48. The molecule has 0 radical (unpaired) electrons. The van der Waals surface area contributed by atoms with Crippen LogP contribution in [-0.2, 0) is 0 Å². The lowest BCUT2D eigenvalue weighted by atomic mass is 9.98. The molecule has 2 aromatic heterocycles. The lowest BCUT2D eigenvalue weighted by Crippen LogP contribution is -2.16. The number of halogens is 1. The van der Waals surface area contributed by atoms with Crippen LogP contribution in [0.2, 0.25) is 0 Å². The van der Waals surface area contributed by atoms with Gasteiger partial charge in [0, 0.05) is 18.9 Å². The summed E-state index contributed by atoms with van der Waals surface area (Å²) >= 11 is 0. The van der Waals surface area contributed by atoms with Gasteiger partial charge < -0.3 is 19.5 Å². The molecule has 36 heavy (non-hydrogen) atoms. The molecule has 0 fully saturated rings. The number of amides is 1. The molecule has 0 saturated heterocycles. The highest BCUT2D eigenvalue weighted by Crippen LogP contribution is 2.38. The normalized spacial score (nSPS) is 12.2. The van der Waals surface area contributed by atoms with Crippen molar-refractivity contribution in [2.45, 2.75) is 20.8 Å². The fraction of sp³-hybridized carbons (Fsp3) is 0.179. The average molecular weight is 488 g/mol. The van der Waals surface area contributed by atoms with Gasteiger partial charge in [0.2, 0.25) is 11.8 Å². The lowest BCUT2D eigenvalue weighted by molar-refractivity contribution is 0.102. The summed E-state index contributed by atoms with van der Waals surface area (Å²) in [7, 11) is 0. The van der Waals surface area contributed by atoms with Gasteiger partial charge >= 0.3 is 0 Å². The van der Waals surface area contributed by atoms with Crippen molar-refractivity contribution < 1.29 is 24.8 Å². The van der Waals surface area contributed by atoms with E-state index in [1.807, 2.05) is 56.3 Å². The van der Waals surface area contributed by atoms with Gasteiger partial charge in [-0.25, -0.2) is 9.97 Å². The number of carbonyl (C=O) groups is 1. The van der Waals surface area contributed by atoms with E-state index in [-0.39, 0.29) is 18.8 Å². The van der Waals surface area contributed by atoms with Crippen molar-refractivity contribution in [2.75, 3.05) is 18.5 Å². The maximum Gasteiger partial charge on any atom is 0.261 e. The number of benzene rings is 2. The zero-order valence-electron chi connectivity index (χ0n) is 20.1. The Morgan fingerprint density at radius 2 is 1.83 bits per heavy atom. The summed E-state index contributed by atoms with van der Waals surface area (Å²) in [6.07, 6.45) is 1.64. The standard InChI is InChI=1S/C28H24FN3O4.H2/c1-16-5-4-6-20(13-16)32-27(33)26-17(2)21(19-7-8-23-24(14-19)35-12-11-34-23)15-30-28(26)36-22-9-10-25(29)31-18(22)3;/h4-10,13-15H,11-12H2,1-3H3,(H,32,33);1H. The number of pyridine rings is 2. The van der Waals surface area contributed by atoms with E-state index >= 15 is 0 Å². The molecule has 4 aromatic rings. The lowest BCUT2D eigenvalue weighted by Gasteiger charge is -2.20. The van der Waals surface area contributed by atoms with Crippen LogP contribution in [0.1, 0.15) is 28.6 Å². The van der Waals surface area contributed by atoms with E-state index in [0.29, 0.717) is 47.4 Å². The highest BCUT2D eigenvalue weighted by Gasteiger charge is 2.23. The van der Waals surface area contributed by atoms with Gasteiger partial charge in [0.1, 0.15) is 18.8 Å². The maximum atomic E-state index is 13.6. The highest BCUT2D eigenvalue weighted by atomic mass is 19.1. The Balaban J connectivity index is 0.00000320. The molecule has 0 aliphatic carbocycles. The minimum absolute atomic E-state index is 0. The SMILES string of the molecule is Cc1cccc(NC(=O)c2c(Oc3ccc(F)nc3C)ncc(-c3ccc4c(c3)OCCO4)c2C)c1.[HH]. The molecule has 1 aliphatic rings. The number of rotatable bonds is 5. The topological polar surface area (TPSA) is 82.6 Å². The summed E-state index contributed by atoms with van der Waals surface area (Å²) < 4.78 is 30.9. The van der Waals surface area contributed by atoms with Crippen LogP contribution in [0, 0.1) is 26.7 Å². The number of hydrogen-bond donors (Lipinski definition) is 1. The molecule has 1 amide bonds. The van der Waals surface area contributed by atoms with Crippen LogP contribution in [0.4, 0.5) is 10.1 Å². The van der Waals surface area contributed by atoms with Crippen LogP contribution >= 0.6 is 0 Å². The summed E-state index contributed by atoms with van der Waals surface area (Å²) in [6.45, 7) is 6.38. The number of aryl methyl sites for hydroxylation is 2. The first kappa shape index (κ1) is 23.3. The molecule has 0 bridgehead atoms. The third-order valence-corrected chi connectivity index (χ3v) is 5.87. The summed E-state index contributed by atoms with van der Waals surface area (Å²) in [5.74, 6) is 0.711. The number of hydrogen-bond acceptors (Lipinski definition) is 6. The van der Waals surface area contributed by atoms with Crippen molar-refractivity contribution in [1.29, 1.82) is 0 Å². The molecule has 184 valence electrons. The molecule has 1 N–H and O–H groups in total. The second-order valence-electron chi connectivity index (χ2n) is 8.48. The van der Waals surface area contributed by atoms with E-state index in [4.69, 9.17) is 14.2 Å². The number of nitrogens with zero attached hydrogens (tertiary/aromatic N) is 2. The van der Waals surface area contributed by atoms with Gasteiger partial charge in [-0.2, -0.15) is 4.39 Å². The minimum Gasteiger partial charge on any atom is -0.486 e. The Kier molecular flexibility index (Phi) is 6.25. The van der Waals surface area contributed by atoms with Crippen LogP contribution in [0.25, 0.3) is 11.1 Å². The van der Waals surface area contributed by atoms with Gasteiger partial charge in [0.05, 0.1) is 5.69 Å². The first-order chi connectivity index (χ1) is 17.4. The van der Waals surface area contributed by atoms with Crippen molar-refractivity contribution in [1.82, 2.24) is 9.97 Å². The molecule has 5 rings (SSSR count). The zero-order valence-corrected chi connectivity index (χ0v) is 20.1. The van der Waals surface area contributed by atoms with Crippen LogP contribution in [0.3, 0.4) is 0 Å². The number of ether oxygens (including phenoxy) is 3. The van der Waals surface area contributed by atoms with Crippen molar-refractivity contribution in [2.24, 2.45) is 0 Å². The predicted octanol–water partition coefficient (Wildman–Crippen LogP) is 6.27. The maximum absolute atomic E-state index is 13.6. The monoisotopic (exact) mass is 487 g/mol. The van der Waals surface area contributed by atoms with Crippen LogP contribution in [0.15, 0.2) is 60.8 Å². The van der Waals surface area contributed by atoms with Gasteiger partial charge in [0.25, 0.3) is 5.91 Å². The first-order valence-corrected chi connectivity index (χ1v) is 11.5. The number of fused-ring (bicyclic) bond motifs is 1. The number of anilines is 1. The highest BCUT2D eigenvalue weighted by molar-refractivity contribution is 6.08. The Morgan fingerprint density at radius 1 is 1.03 bits per heavy atom.